The topological polar surface area (TPSA) is 0 Å². The van der Waals surface area contributed by atoms with Crippen LogP contribution in [0.4, 0.5) is 0 Å². The Balaban J connectivity index is 0. The zero-order valence-electron chi connectivity index (χ0n) is 9.81. The van der Waals surface area contributed by atoms with E-state index in [0.29, 0.717) is 0 Å². The zero-order valence-corrected chi connectivity index (χ0v) is 10.8. The third-order valence-electron chi connectivity index (χ3n) is 2.55. The maximum Gasteiger partial charge on any atom is 1.00 e. The van der Waals surface area contributed by atoms with Crippen LogP contribution < -0.4 is 37.7 Å². The smallest absolute Gasteiger partial charge is 0.393 e. The molecule has 0 saturated heterocycles. The van der Waals surface area contributed by atoms with E-state index in [0.717, 1.165) is 11.1 Å². The Kier molecular flexibility index (Phi) is 8.02. The van der Waals surface area contributed by atoms with E-state index in [1.807, 2.05) is 12.2 Å². The molecule has 0 saturated carbocycles. The van der Waals surface area contributed by atoms with E-state index in [1.54, 1.807) is 0 Å². The molecular weight excluding hydrogens is 162 g/mol. The van der Waals surface area contributed by atoms with Crippen LogP contribution in [0.5, 0.6) is 0 Å². The summed E-state index contributed by atoms with van der Waals surface area (Å²) in [4.78, 5) is 0. The van der Waals surface area contributed by atoms with Gasteiger partial charge in [-0.05, 0) is 0 Å². The molecule has 13 heavy (non-hydrogen) atoms. The fourth-order valence-electron chi connectivity index (χ4n) is 1.73. The van der Waals surface area contributed by atoms with E-state index in [2.05, 4.69) is 39.1 Å². The molecule has 1 aliphatic heterocycles. The summed E-state index contributed by atoms with van der Waals surface area (Å²) in [5.41, 5.74) is 8.50. The zero-order chi connectivity index (χ0) is 8.48. The van der Waals surface area contributed by atoms with Crippen molar-refractivity contribution < 1.29 is 37.7 Å². The van der Waals surface area contributed by atoms with E-state index < -0.39 is 8.07 Å². The van der Waals surface area contributed by atoms with Gasteiger partial charge in [0.15, 0.2) is 0 Å². The summed E-state index contributed by atoms with van der Waals surface area (Å²) >= 11 is 0. The van der Waals surface area contributed by atoms with Crippen molar-refractivity contribution in [2.24, 2.45) is 0 Å². The molecule has 0 aliphatic carbocycles. The van der Waals surface area contributed by atoms with Crippen LogP contribution in [0, 0.1) is 11.4 Å². The normalized spacial score (nSPS) is 17.4. The van der Waals surface area contributed by atoms with Gasteiger partial charge in [0.05, 0.1) is 0 Å². The third-order valence-corrected chi connectivity index (χ3v) is 7.48. The van der Waals surface area contributed by atoms with Gasteiger partial charge < -0.3 is 23.6 Å². The van der Waals surface area contributed by atoms with Crippen molar-refractivity contribution in [2.45, 2.75) is 38.8 Å². The Morgan fingerprint density at radius 2 is 1.15 bits per heavy atom. The SMILES string of the molecule is CC(C)[Si]1(C(C)C)[C-]=CC=[C-]1.[Li+].[Li+]. The molecule has 0 atom stereocenters. The fraction of sp³-hybridized carbons (Fsp3) is 0.600. The molecule has 62 valence electrons. The summed E-state index contributed by atoms with van der Waals surface area (Å²) in [6, 6.07) is 0. The van der Waals surface area contributed by atoms with Gasteiger partial charge in [-0.15, -0.1) is 8.07 Å². The summed E-state index contributed by atoms with van der Waals surface area (Å²) in [6.07, 6.45) is 4.10. The van der Waals surface area contributed by atoms with Crippen LogP contribution in [0.25, 0.3) is 0 Å². The number of allylic oxidation sites excluding steroid dienone is 2. The molecule has 0 aromatic rings. The standard InChI is InChI=1S/C10H16Si.2Li/c1-9(2)11(10(3)4)7-5-6-8-11;;/h5-6,9-10H,1-4H3;;/q-2;2*+1. The minimum atomic E-state index is -1.40. The summed E-state index contributed by atoms with van der Waals surface area (Å²) in [5, 5.41) is 0. The Bertz CT molecular complexity index is 173. The predicted molar refractivity (Wildman–Crippen MR) is 51.6 cm³/mol. The molecule has 1 heterocycles. The minimum absolute atomic E-state index is 0. The first-order valence-corrected chi connectivity index (χ1v) is 6.45. The molecule has 0 amide bonds. The predicted octanol–water partition coefficient (Wildman–Crippen LogP) is -2.93. The number of rotatable bonds is 2. The van der Waals surface area contributed by atoms with Gasteiger partial charge in [0.1, 0.15) is 0 Å². The van der Waals surface area contributed by atoms with Crippen LogP contribution in [0.1, 0.15) is 27.7 Å². The van der Waals surface area contributed by atoms with Crippen molar-refractivity contribution >= 4 is 8.07 Å². The van der Waals surface area contributed by atoms with E-state index in [4.69, 9.17) is 0 Å². The first kappa shape index (κ1) is 16.3. The van der Waals surface area contributed by atoms with Crippen LogP contribution in [0.2, 0.25) is 11.1 Å². The third kappa shape index (κ3) is 3.19. The van der Waals surface area contributed by atoms with Gasteiger partial charge in [-0.3, -0.25) is 0 Å². The van der Waals surface area contributed by atoms with Gasteiger partial charge in [-0.2, -0.15) is 0 Å². The largest absolute Gasteiger partial charge is 1.00 e. The Morgan fingerprint density at radius 1 is 0.846 bits per heavy atom. The van der Waals surface area contributed by atoms with Gasteiger partial charge in [-0.1, -0.05) is 38.8 Å². The van der Waals surface area contributed by atoms with E-state index >= 15 is 0 Å². The van der Waals surface area contributed by atoms with Crippen LogP contribution in [-0.2, 0) is 0 Å². The van der Waals surface area contributed by atoms with Crippen molar-refractivity contribution in [3.8, 4) is 0 Å². The number of hydrogen-bond donors (Lipinski definition) is 0. The van der Waals surface area contributed by atoms with Gasteiger partial charge in [-0.25, -0.2) is 0 Å². The van der Waals surface area contributed by atoms with E-state index in [9.17, 15) is 0 Å². The first-order chi connectivity index (χ1) is 5.09. The maximum absolute atomic E-state index is 3.52. The molecular formula is C10H16Li2Si. The van der Waals surface area contributed by atoms with Gasteiger partial charge in [0, 0.05) is 0 Å². The summed E-state index contributed by atoms with van der Waals surface area (Å²) in [5.74, 6) is 0. The Morgan fingerprint density at radius 3 is 1.31 bits per heavy atom. The van der Waals surface area contributed by atoms with Crippen molar-refractivity contribution in [3.05, 3.63) is 23.6 Å². The van der Waals surface area contributed by atoms with Crippen LogP contribution >= 0.6 is 0 Å². The van der Waals surface area contributed by atoms with Gasteiger partial charge in [0.25, 0.3) is 0 Å². The van der Waals surface area contributed by atoms with Crippen LogP contribution in [0.3, 0.4) is 0 Å². The molecule has 1 aliphatic rings. The first-order valence-electron chi connectivity index (χ1n) is 4.30. The molecule has 0 fully saturated rings. The quantitative estimate of drug-likeness (QED) is 0.314. The molecule has 0 spiro atoms. The monoisotopic (exact) mass is 178 g/mol. The minimum Gasteiger partial charge on any atom is -0.393 e. The molecule has 0 radical (unpaired) electrons. The van der Waals surface area contributed by atoms with Crippen LogP contribution in [-0.4, -0.2) is 8.07 Å². The average Bonchev–Trinajstić information content (AvgIpc) is 2.34. The molecule has 0 aromatic carbocycles. The van der Waals surface area contributed by atoms with Crippen molar-refractivity contribution in [2.75, 3.05) is 0 Å². The maximum atomic E-state index is 3.52. The van der Waals surface area contributed by atoms with Crippen molar-refractivity contribution in [3.63, 3.8) is 0 Å². The van der Waals surface area contributed by atoms with E-state index in [-0.39, 0.29) is 37.7 Å². The van der Waals surface area contributed by atoms with Crippen molar-refractivity contribution in [1.29, 1.82) is 0 Å². The second-order valence-electron chi connectivity index (χ2n) is 3.80. The molecule has 0 aromatic heterocycles. The Labute approximate surface area is 108 Å². The van der Waals surface area contributed by atoms with Crippen molar-refractivity contribution in [1.82, 2.24) is 0 Å². The molecule has 0 bridgehead atoms. The van der Waals surface area contributed by atoms with Gasteiger partial charge >= 0.3 is 37.7 Å². The second kappa shape index (κ2) is 6.39. The Hall–Kier alpha value is 0.892. The summed E-state index contributed by atoms with van der Waals surface area (Å²) in [7, 11) is -1.40. The van der Waals surface area contributed by atoms with Crippen LogP contribution in [0.15, 0.2) is 12.2 Å². The van der Waals surface area contributed by atoms with E-state index in [1.165, 1.54) is 0 Å². The summed E-state index contributed by atoms with van der Waals surface area (Å²) < 4.78 is 0. The summed E-state index contributed by atoms with van der Waals surface area (Å²) in [6.45, 7) is 9.16. The number of hydrogen-bond acceptors (Lipinski definition) is 0. The molecule has 0 nitrogen and oxygen atoms in total. The molecule has 0 unspecified atom stereocenters. The molecule has 3 heteroatoms. The second-order valence-corrected chi connectivity index (χ2v) is 8.43. The molecule has 0 N–H and O–H groups in total. The average molecular weight is 178 g/mol. The molecule has 1 rings (SSSR count). The van der Waals surface area contributed by atoms with Gasteiger partial charge in [0.2, 0.25) is 0 Å². The fourth-order valence-corrected chi connectivity index (χ4v) is 5.20.